The molecule has 0 spiro atoms. The third kappa shape index (κ3) is 7.23. The van der Waals surface area contributed by atoms with E-state index in [4.69, 9.17) is 0 Å². The number of benzene rings is 1. The summed E-state index contributed by atoms with van der Waals surface area (Å²) in [4.78, 5) is 19.6. The van der Waals surface area contributed by atoms with E-state index in [2.05, 4.69) is 57.6 Å². The molecule has 0 saturated carbocycles. The molecule has 148 valence electrons. The molecule has 0 aliphatic rings. The molecule has 0 radical (unpaired) electrons. The first kappa shape index (κ1) is 21.2. The molecule has 0 unspecified atom stereocenters. The standard InChI is InChI=1S/C22H29N5O/c1-4-6-8-19(9-7-5-2)23-15-20-14-21(28)26-27-22(25-16-24-20)18-12-10-17(3)11-13-18/h6,8-14,16,23H,4-5,7,15H2,1-3H3,(H,26,28)(H,24,25,27)/b8-6-,19-9+,20-14?. The van der Waals surface area contributed by atoms with Crippen LogP contribution in [0, 0.1) is 6.92 Å². The van der Waals surface area contributed by atoms with Crippen LogP contribution in [-0.2, 0) is 6.54 Å². The number of aromatic amines is 2. The predicted octanol–water partition coefficient (Wildman–Crippen LogP) is 4.33. The van der Waals surface area contributed by atoms with Gasteiger partial charge in [-0.2, -0.15) is 5.10 Å². The molecule has 0 fully saturated rings. The minimum Gasteiger partial charge on any atom is -0.380 e. The van der Waals surface area contributed by atoms with Crippen LogP contribution in [0.5, 0.6) is 0 Å². The lowest BCUT2D eigenvalue weighted by Gasteiger charge is -2.06. The Labute approximate surface area is 166 Å². The summed E-state index contributed by atoms with van der Waals surface area (Å²) in [7, 11) is 0. The first-order valence-electron chi connectivity index (χ1n) is 9.67. The molecule has 3 N–H and O–H groups in total. The van der Waals surface area contributed by atoms with E-state index < -0.39 is 0 Å². The van der Waals surface area contributed by atoms with E-state index in [-0.39, 0.29) is 5.56 Å². The van der Waals surface area contributed by atoms with E-state index in [1.54, 1.807) is 6.33 Å². The molecule has 1 heterocycles. The number of nitrogens with one attached hydrogen (secondary N) is 3. The number of hydrogen-bond donors (Lipinski definition) is 3. The van der Waals surface area contributed by atoms with Gasteiger partial charge in [-0.05, 0) is 25.8 Å². The summed E-state index contributed by atoms with van der Waals surface area (Å²) in [5, 5.41) is 10.0. The largest absolute Gasteiger partial charge is 0.380 e. The van der Waals surface area contributed by atoms with E-state index in [1.165, 1.54) is 6.07 Å². The van der Waals surface area contributed by atoms with Crippen molar-refractivity contribution in [3.63, 3.8) is 0 Å². The Hall–Kier alpha value is -3.15. The minimum atomic E-state index is -0.303. The van der Waals surface area contributed by atoms with E-state index in [0.29, 0.717) is 18.1 Å². The Morgan fingerprint density at radius 3 is 2.71 bits per heavy atom. The molecule has 2 aromatic rings. The number of rotatable bonds is 8. The fourth-order valence-corrected chi connectivity index (χ4v) is 2.43. The lowest BCUT2D eigenvalue weighted by molar-refractivity contribution is 0.791. The van der Waals surface area contributed by atoms with Crippen LogP contribution in [-0.4, -0.2) is 20.2 Å². The highest BCUT2D eigenvalue weighted by Gasteiger charge is 1.99. The van der Waals surface area contributed by atoms with Gasteiger partial charge in [0.1, 0.15) is 0 Å². The molecule has 0 aliphatic heterocycles. The summed E-state index contributed by atoms with van der Waals surface area (Å²) in [6, 6.07) is 9.31. The average Bonchev–Trinajstić information content (AvgIpc) is 2.78. The Morgan fingerprint density at radius 1 is 1.21 bits per heavy atom. The zero-order valence-corrected chi connectivity index (χ0v) is 16.8. The molecular weight excluding hydrogens is 350 g/mol. The molecule has 0 amide bonds. The van der Waals surface area contributed by atoms with E-state index in [9.17, 15) is 4.79 Å². The minimum absolute atomic E-state index is 0.303. The quantitative estimate of drug-likeness (QED) is 0.596. The molecular formula is C22H29N5O. The molecule has 0 atom stereocenters. The van der Waals surface area contributed by atoms with Gasteiger partial charge in [0.05, 0.1) is 12.9 Å². The monoisotopic (exact) mass is 379 g/mol. The fraction of sp³-hybridized carbons (Fsp3) is 0.318. The van der Waals surface area contributed by atoms with Crippen LogP contribution in [0.1, 0.15) is 44.4 Å². The Bertz CT molecular complexity index is 905. The van der Waals surface area contributed by atoms with Crippen LogP contribution in [0.3, 0.4) is 0 Å². The number of hydrogen-bond acceptors (Lipinski definition) is 4. The van der Waals surface area contributed by atoms with Gasteiger partial charge >= 0.3 is 0 Å². The lowest BCUT2D eigenvalue weighted by atomic mass is 10.1. The van der Waals surface area contributed by atoms with Crippen molar-refractivity contribution in [2.75, 3.05) is 0 Å². The van der Waals surface area contributed by atoms with Crippen molar-refractivity contribution in [2.24, 2.45) is 0 Å². The maximum Gasteiger partial charge on any atom is 0.265 e. The van der Waals surface area contributed by atoms with Gasteiger partial charge in [0.15, 0.2) is 5.82 Å². The van der Waals surface area contributed by atoms with Crippen LogP contribution in [0.15, 0.2) is 65.4 Å². The van der Waals surface area contributed by atoms with Crippen molar-refractivity contribution >= 4 is 0 Å². The number of unbranched alkanes of at least 4 members (excludes halogenated alkanes) is 1. The smallest absolute Gasteiger partial charge is 0.265 e. The van der Waals surface area contributed by atoms with Gasteiger partial charge < -0.3 is 10.3 Å². The van der Waals surface area contributed by atoms with E-state index >= 15 is 0 Å². The Balaban J connectivity index is 2.25. The van der Waals surface area contributed by atoms with Crippen LogP contribution in [0.2, 0.25) is 0 Å². The zero-order valence-electron chi connectivity index (χ0n) is 16.8. The van der Waals surface area contributed by atoms with E-state index in [0.717, 1.165) is 36.1 Å². The number of nitrogens with zero attached hydrogens (tertiary/aromatic N) is 2. The molecule has 1 aromatic heterocycles. The Morgan fingerprint density at radius 2 is 2.00 bits per heavy atom. The summed E-state index contributed by atoms with van der Waals surface area (Å²) in [6.45, 7) is 6.74. The Kier molecular flexibility index (Phi) is 8.72. The first-order valence-corrected chi connectivity index (χ1v) is 9.67. The van der Waals surface area contributed by atoms with Crippen LogP contribution >= 0.6 is 0 Å². The second kappa shape index (κ2) is 11.5. The molecule has 1 aromatic carbocycles. The maximum atomic E-state index is 12.2. The van der Waals surface area contributed by atoms with Gasteiger partial charge in [0.25, 0.3) is 5.56 Å². The molecule has 0 saturated heterocycles. The highest BCUT2D eigenvalue weighted by molar-refractivity contribution is 5.54. The summed E-state index contributed by atoms with van der Waals surface area (Å²) >= 11 is 0. The number of allylic oxidation sites excluding steroid dienone is 3. The van der Waals surface area contributed by atoms with Crippen molar-refractivity contribution in [1.29, 1.82) is 0 Å². The van der Waals surface area contributed by atoms with Gasteiger partial charge in [0.2, 0.25) is 0 Å². The number of aryl methyl sites for hydroxylation is 1. The van der Waals surface area contributed by atoms with Gasteiger partial charge in [-0.25, -0.2) is 10.1 Å². The molecule has 28 heavy (non-hydrogen) atoms. The molecule has 6 nitrogen and oxygen atoms in total. The molecule has 2 rings (SSSR count). The summed E-state index contributed by atoms with van der Waals surface area (Å²) in [5.41, 5.74) is 3.43. The van der Waals surface area contributed by atoms with Crippen molar-refractivity contribution in [2.45, 2.75) is 46.6 Å². The fourth-order valence-electron chi connectivity index (χ4n) is 2.43. The maximum absolute atomic E-state index is 12.2. The van der Waals surface area contributed by atoms with Crippen molar-refractivity contribution in [1.82, 2.24) is 25.5 Å². The van der Waals surface area contributed by atoms with E-state index in [1.807, 2.05) is 31.2 Å². The summed E-state index contributed by atoms with van der Waals surface area (Å²) in [5.74, 6) is 0.442. The van der Waals surface area contributed by atoms with Crippen molar-refractivity contribution in [3.05, 3.63) is 82.2 Å². The molecule has 6 heteroatoms. The van der Waals surface area contributed by atoms with Gasteiger partial charge in [0, 0.05) is 23.0 Å². The molecule has 0 aliphatic carbocycles. The van der Waals surface area contributed by atoms with Crippen LogP contribution in [0.25, 0.3) is 11.4 Å². The third-order valence-corrected chi connectivity index (χ3v) is 3.99. The number of H-pyrrole nitrogens is 2. The number of aromatic nitrogens is 4. The van der Waals surface area contributed by atoms with Crippen LogP contribution in [0.4, 0.5) is 0 Å². The molecule has 0 bridgehead atoms. The van der Waals surface area contributed by atoms with Crippen molar-refractivity contribution < 1.29 is 0 Å². The summed E-state index contributed by atoms with van der Waals surface area (Å²) < 4.78 is 0. The first-order chi connectivity index (χ1) is 13.6. The van der Waals surface area contributed by atoms with Gasteiger partial charge in [-0.15, -0.1) is 0 Å². The second-order valence-corrected chi connectivity index (χ2v) is 6.46. The second-order valence-electron chi connectivity index (χ2n) is 6.46. The van der Waals surface area contributed by atoms with Gasteiger partial charge in [-0.3, -0.25) is 4.79 Å². The topological polar surface area (TPSA) is 86.5 Å². The van der Waals surface area contributed by atoms with Crippen LogP contribution < -0.4 is 10.9 Å². The van der Waals surface area contributed by atoms with Crippen molar-refractivity contribution in [3.8, 4) is 11.4 Å². The normalized spacial score (nSPS) is 11.5. The summed E-state index contributed by atoms with van der Waals surface area (Å²) in [6.07, 6.45) is 10.9. The highest BCUT2D eigenvalue weighted by Crippen LogP contribution is 2.12. The van der Waals surface area contributed by atoms with Gasteiger partial charge in [-0.1, -0.05) is 62.2 Å². The predicted molar refractivity (Wildman–Crippen MR) is 114 cm³/mol. The third-order valence-electron chi connectivity index (χ3n) is 3.99. The average molecular weight is 380 g/mol. The highest BCUT2D eigenvalue weighted by atomic mass is 16.1. The zero-order chi connectivity index (χ0) is 20.2. The SMILES string of the molecule is CC/C=C\C(=C/CCC)NCc1cc(=O)[nH]nc(-c2ccc(C)cc2)nc[nH]1. The lowest BCUT2D eigenvalue weighted by Crippen LogP contribution is -2.14.